The van der Waals surface area contributed by atoms with Crippen LogP contribution in [0.3, 0.4) is 0 Å². The van der Waals surface area contributed by atoms with Crippen molar-refractivity contribution in [2.75, 3.05) is 6.54 Å². The minimum atomic E-state index is 0.480. The molecule has 2 aliphatic carbocycles. The van der Waals surface area contributed by atoms with Crippen molar-refractivity contribution < 1.29 is 0 Å². The third kappa shape index (κ3) is 3.85. The monoisotopic (exact) mass is 249 g/mol. The maximum atomic E-state index is 3.96. The Kier molecular flexibility index (Phi) is 4.53. The molecule has 0 saturated heterocycles. The summed E-state index contributed by atoms with van der Waals surface area (Å²) in [6, 6.07) is 0.856. The first-order chi connectivity index (χ1) is 8.50. The van der Waals surface area contributed by atoms with Crippen LogP contribution >= 0.6 is 0 Å². The molecule has 3 unspecified atom stereocenters. The predicted molar refractivity (Wildman–Crippen MR) is 79.6 cm³/mol. The van der Waals surface area contributed by atoms with Crippen LogP contribution in [-0.2, 0) is 0 Å². The van der Waals surface area contributed by atoms with Gasteiger partial charge in [0.05, 0.1) is 0 Å². The molecule has 3 atom stereocenters. The van der Waals surface area contributed by atoms with E-state index >= 15 is 0 Å². The van der Waals surface area contributed by atoms with Gasteiger partial charge in [0.25, 0.3) is 0 Å². The summed E-state index contributed by atoms with van der Waals surface area (Å²) in [5.41, 5.74) is 0.480. The summed E-state index contributed by atoms with van der Waals surface area (Å²) >= 11 is 0. The van der Waals surface area contributed by atoms with Gasteiger partial charge in [-0.2, -0.15) is 0 Å². The van der Waals surface area contributed by atoms with Crippen molar-refractivity contribution in [3.05, 3.63) is 12.7 Å². The van der Waals surface area contributed by atoms with Crippen LogP contribution in [0.1, 0.15) is 59.3 Å². The van der Waals surface area contributed by atoms with E-state index in [4.69, 9.17) is 0 Å². The molecule has 0 aliphatic heterocycles. The Morgan fingerprint density at radius 3 is 2.39 bits per heavy atom. The maximum Gasteiger partial charge on any atom is 0.00683 e. The first kappa shape index (κ1) is 14.1. The summed E-state index contributed by atoms with van der Waals surface area (Å²) in [7, 11) is 0. The van der Waals surface area contributed by atoms with Crippen LogP contribution in [-0.4, -0.2) is 12.6 Å². The smallest absolute Gasteiger partial charge is 0.00683 e. The minimum Gasteiger partial charge on any atom is -0.314 e. The molecule has 1 heteroatoms. The second-order valence-electron chi connectivity index (χ2n) is 7.60. The number of nitrogens with one attached hydrogen (secondary N) is 1. The zero-order chi connectivity index (χ0) is 13.2. The van der Waals surface area contributed by atoms with Crippen LogP contribution in [0, 0.1) is 23.2 Å². The van der Waals surface area contributed by atoms with Gasteiger partial charge in [0.2, 0.25) is 0 Å². The maximum absolute atomic E-state index is 3.96. The molecule has 0 aromatic carbocycles. The zero-order valence-corrected chi connectivity index (χ0v) is 12.5. The van der Waals surface area contributed by atoms with Crippen molar-refractivity contribution in [1.82, 2.24) is 5.32 Å². The van der Waals surface area contributed by atoms with Crippen molar-refractivity contribution in [2.24, 2.45) is 23.2 Å². The van der Waals surface area contributed by atoms with Gasteiger partial charge in [-0.3, -0.25) is 0 Å². The molecule has 0 aromatic rings. The lowest BCUT2D eigenvalue weighted by Gasteiger charge is -2.42. The van der Waals surface area contributed by atoms with Crippen molar-refractivity contribution in [1.29, 1.82) is 0 Å². The molecule has 2 saturated carbocycles. The Morgan fingerprint density at radius 1 is 1.11 bits per heavy atom. The van der Waals surface area contributed by atoms with Gasteiger partial charge < -0.3 is 5.32 Å². The van der Waals surface area contributed by atoms with E-state index in [1.165, 1.54) is 45.1 Å². The van der Waals surface area contributed by atoms with Gasteiger partial charge in [-0.05, 0) is 68.2 Å². The average Bonchev–Trinajstić information content (AvgIpc) is 3.10. The lowest BCUT2D eigenvalue weighted by atomic mass is 9.65. The quantitative estimate of drug-likeness (QED) is 0.712. The van der Waals surface area contributed by atoms with E-state index in [1.807, 2.05) is 0 Å². The molecule has 1 N–H and O–H groups in total. The Hall–Kier alpha value is -0.300. The Balaban J connectivity index is 1.88. The Morgan fingerprint density at radius 2 is 1.83 bits per heavy atom. The lowest BCUT2D eigenvalue weighted by Crippen LogP contribution is -2.37. The van der Waals surface area contributed by atoms with Gasteiger partial charge in [0.15, 0.2) is 0 Å². The number of allylic oxidation sites excluding steroid dienone is 1. The molecule has 2 fully saturated rings. The molecule has 0 aromatic heterocycles. The summed E-state index contributed by atoms with van der Waals surface area (Å²) in [6.45, 7) is 12.4. The Bertz CT molecular complexity index is 272. The van der Waals surface area contributed by atoms with Crippen LogP contribution in [0.2, 0.25) is 0 Å². The van der Waals surface area contributed by atoms with Crippen molar-refractivity contribution in [3.63, 3.8) is 0 Å². The van der Waals surface area contributed by atoms with Gasteiger partial charge in [-0.1, -0.05) is 26.8 Å². The van der Waals surface area contributed by atoms with Crippen LogP contribution in [0.4, 0.5) is 0 Å². The predicted octanol–water partition coefficient (Wildman–Crippen LogP) is 4.39. The van der Waals surface area contributed by atoms with E-state index in [1.54, 1.807) is 0 Å². The Labute approximate surface area is 113 Å². The van der Waals surface area contributed by atoms with Crippen LogP contribution in [0.25, 0.3) is 0 Å². The van der Waals surface area contributed by atoms with Gasteiger partial charge in [0, 0.05) is 6.04 Å². The summed E-state index contributed by atoms with van der Waals surface area (Å²) in [4.78, 5) is 0. The molecule has 0 heterocycles. The highest BCUT2D eigenvalue weighted by Crippen LogP contribution is 2.44. The van der Waals surface area contributed by atoms with E-state index < -0.39 is 0 Å². The minimum absolute atomic E-state index is 0.480. The van der Waals surface area contributed by atoms with E-state index in [9.17, 15) is 0 Å². The largest absolute Gasteiger partial charge is 0.314 e. The number of hydrogen-bond acceptors (Lipinski definition) is 1. The molecule has 18 heavy (non-hydrogen) atoms. The molecule has 2 rings (SSSR count). The van der Waals surface area contributed by atoms with Gasteiger partial charge in [-0.15, -0.1) is 6.58 Å². The highest BCUT2D eigenvalue weighted by atomic mass is 14.9. The van der Waals surface area contributed by atoms with Gasteiger partial charge in [0.1, 0.15) is 0 Å². The molecule has 104 valence electrons. The molecular formula is C17H31N. The van der Waals surface area contributed by atoms with Crippen LogP contribution < -0.4 is 5.32 Å². The van der Waals surface area contributed by atoms with Crippen molar-refractivity contribution >= 4 is 0 Å². The molecule has 0 bridgehead atoms. The fraction of sp³-hybridized carbons (Fsp3) is 0.882. The third-order valence-corrected chi connectivity index (χ3v) is 5.08. The molecular weight excluding hydrogens is 218 g/mol. The lowest BCUT2D eigenvalue weighted by molar-refractivity contribution is 0.0983. The third-order valence-electron chi connectivity index (χ3n) is 5.08. The number of hydrogen-bond donors (Lipinski definition) is 1. The summed E-state index contributed by atoms with van der Waals surface area (Å²) in [5, 5.41) is 3.73. The van der Waals surface area contributed by atoms with Gasteiger partial charge in [-0.25, -0.2) is 0 Å². The number of rotatable bonds is 5. The molecule has 1 nitrogen and oxygen atoms in total. The van der Waals surface area contributed by atoms with E-state index in [-0.39, 0.29) is 0 Å². The second kappa shape index (κ2) is 5.77. The van der Waals surface area contributed by atoms with Gasteiger partial charge >= 0.3 is 0 Å². The van der Waals surface area contributed by atoms with Crippen LogP contribution in [0.15, 0.2) is 12.7 Å². The summed E-state index contributed by atoms with van der Waals surface area (Å²) in [6.07, 6.45) is 10.4. The molecule has 0 spiro atoms. The highest BCUT2D eigenvalue weighted by molar-refractivity contribution is 4.91. The standard InChI is InChI=1S/C17H31N/c1-5-6-13-11-15(17(2,3)4)8-7-14(13)12-18-16-9-10-16/h5,13-16,18H,1,6-12H2,2-4H3. The fourth-order valence-electron chi connectivity index (χ4n) is 3.49. The topological polar surface area (TPSA) is 12.0 Å². The van der Waals surface area contributed by atoms with Crippen molar-refractivity contribution in [2.45, 2.75) is 65.3 Å². The first-order valence-corrected chi connectivity index (χ1v) is 7.85. The average molecular weight is 249 g/mol. The van der Waals surface area contributed by atoms with E-state index in [2.05, 4.69) is 38.7 Å². The zero-order valence-electron chi connectivity index (χ0n) is 12.5. The second-order valence-corrected chi connectivity index (χ2v) is 7.60. The first-order valence-electron chi connectivity index (χ1n) is 7.85. The molecule has 0 amide bonds. The fourth-order valence-corrected chi connectivity index (χ4v) is 3.49. The van der Waals surface area contributed by atoms with Crippen LogP contribution in [0.5, 0.6) is 0 Å². The SMILES string of the molecule is C=CCC1CC(C(C)(C)C)CCC1CNC1CC1. The summed E-state index contributed by atoms with van der Waals surface area (Å²) in [5.74, 6) is 2.66. The van der Waals surface area contributed by atoms with E-state index in [0.717, 1.165) is 23.8 Å². The summed E-state index contributed by atoms with van der Waals surface area (Å²) < 4.78 is 0. The molecule has 0 radical (unpaired) electrons. The highest BCUT2D eigenvalue weighted by Gasteiger charge is 2.35. The molecule has 2 aliphatic rings. The van der Waals surface area contributed by atoms with E-state index in [0.29, 0.717) is 5.41 Å². The van der Waals surface area contributed by atoms with Crippen molar-refractivity contribution in [3.8, 4) is 0 Å². The normalized spacial score (nSPS) is 33.4.